The number of H-pyrrole nitrogens is 1. The van der Waals surface area contributed by atoms with Gasteiger partial charge in [-0.3, -0.25) is 9.98 Å². The zero-order chi connectivity index (χ0) is 15.1. The van der Waals surface area contributed by atoms with E-state index < -0.39 is 5.97 Å². The molecule has 1 aromatic carbocycles. The molecule has 0 unspecified atom stereocenters. The number of carboxylic acid groups (broad SMARTS) is 1. The highest BCUT2D eigenvalue weighted by atomic mass is 35.5. The highest BCUT2D eigenvalue weighted by Crippen LogP contribution is 2.36. The first-order chi connectivity index (χ1) is 10.7. The standard InChI is InChI=1S/C17H11N3O2.ClH/c21-17(22)12-6-11-2-1-4-18-15-8-14-10(3-5-19-14)7-13(15)16(11)20-9-12;/h1-9,19H,(H,21,22);1H. The number of benzene rings is 1. The summed E-state index contributed by atoms with van der Waals surface area (Å²) in [5.41, 5.74) is 4.36. The highest BCUT2D eigenvalue weighted by molar-refractivity contribution is 5.97. The third-order valence-corrected chi connectivity index (χ3v) is 3.66. The number of aromatic carboxylic acids is 1. The number of aliphatic imine (C=N–C) groups is 1. The number of hydrogen-bond donors (Lipinski definition) is 2. The van der Waals surface area contributed by atoms with Gasteiger partial charge in [-0.25, -0.2) is 4.79 Å². The van der Waals surface area contributed by atoms with Crippen molar-refractivity contribution in [3.05, 3.63) is 53.9 Å². The number of fused-ring (bicyclic) bond motifs is 4. The number of carboxylic acids is 1. The molecule has 0 saturated carbocycles. The molecule has 1 aliphatic rings. The molecule has 2 N–H and O–H groups in total. The lowest BCUT2D eigenvalue weighted by Crippen LogP contribution is -2.00. The van der Waals surface area contributed by atoms with Gasteiger partial charge in [-0.1, -0.05) is 6.08 Å². The molecule has 0 aliphatic carbocycles. The Morgan fingerprint density at radius 2 is 2.09 bits per heavy atom. The average molecular weight is 326 g/mol. The smallest absolute Gasteiger partial charge is 0.337 e. The first-order valence-electron chi connectivity index (χ1n) is 6.78. The molecular formula is C17H12ClN3O2. The van der Waals surface area contributed by atoms with Crippen LogP contribution < -0.4 is 0 Å². The van der Waals surface area contributed by atoms with Crippen LogP contribution in [-0.2, 0) is 0 Å². The normalized spacial score (nSPS) is 12.0. The van der Waals surface area contributed by atoms with Crippen LogP contribution in [0, 0.1) is 0 Å². The van der Waals surface area contributed by atoms with Gasteiger partial charge in [0, 0.05) is 40.6 Å². The van der Waals surface area contributed by atoms with Crippen molar-refractivity contribution in [2.24, 2.45) is 4.99 Å². The Hall–Kier alpha value is -2.92. The molecule has 3 heterocycles. The lowest BCUT2D eigenvalue weighted by atomic mass is 10.00. The maximum absolute atomic E-state index is 11.1. The highest BCUT2D eigenvalue weighted by Gasteiger charge is 2.15. The van der Waals surface area contributed by atoms with Crippen LogP contribution in [0.5, 0.6) is 0 Å². The average Bonchev–Trinajstić information content (AvgIpc) is 2.95. The van der Waals surface area contributed by atoms with E-state index in [0.717, 1.165) is 33.4 Å². The van der Waals surface area contributed by atoms with Gasteiger partial charge in [-0.05, 0) is 30.3 Å². The van der Waals surface area contributed by atoms with Crippen LogP contribution in [0.1, 0.15) is 15.9 Å². The van der Waals surface area contributed by atoms with E-state index in [1.165, 1.54) is 6.20 Å². The van der Waals surface area contributed by atoms with E-state index in [9.17, 15) is 4.79 Å². The number of aromatic nitrogens is 2. The van der Waals surface area contributed by atoms with Gasteiger partial charge in [0.1, 0.15) is 0 Å². The number of hydrogen-bond acceptors (Lipinski definition) is 3. The molecule has 0 radical (unpaired) electrons. The molecule has 0 amide bonds. The molecule has 0 atom stereocenters. The first kappa shape index (κ1) is 15.0. The van der Waals surface area contributed by atoms with Crippen molar-refractivity contribution in [1.82, 2.24) is 9.97 Å². The fourth-order valence-corrected chi connectivity index (χ4v) is 2.61. The molecular weight excluding hydrogens is 314 g/mol. The molecule has 1 aliphatic heterocycles. The Balaban J connectivity index is 0.00000156. The lowest BCUT2D eigenvalue weighted by Gasteiger charge is -2.11. The van der Waals surface area contributed by atoms with Crippen molar-refractivity contribution >= 4 is 47.3 Å². The van der Waals surface area contributed by atoms with Crippen molar-refractivity contribution in [3.63, 3.8) is 0 Å². The summed E-state index contributed by atoms with van der Waals surface area (Å²) in [7, 11) is 0. The molecule has 0 fully saturated rings. The number of aromatic amines is 1. The van der Waals surface area contributed by atoms with Crippen molar-refractivity contribution in [1.29, 1.82) is 0 Å². The van der Waals surface area contributed by atoms with Gasteiger partial charge in [0.25, 0.3) is 0 Å². The molecule has 23 heavy (non-hydrogen) atoms. The summed E-state index contributed by atoms with van der Waals surface area (Å²) >= 11 is 0. The van der Waals surface area contributed by atoms with Crippen molar-refractivity contribution < 1.29 is 9.90 Å². The summed E-state index contributed by atoms with van der Waals surface area (Å²) in [5, 5.41) is 10.2. The summed E-state index contributed by atoms with van der Waals surface area (Å²) in [4.78, 5) is 23.1. The van der Waals surface area contributed by atoms with E-state index >= 15 is 0 Å². The van der Waals surface area contributed by atoms with Gasteiger partial charge in [-0.2, -0.15) is 0 Å². The van der Waals surface area contributed by atoms with E-state index in [0.29, 0.717) is 0 Å². The predicted molar refractivity (Wildman–Crippen MR) is 92.9 cm³/mol. The summed E-state index contributed by atoms with van der Waals surface area (Å²) in [6.45, 7) is 0. The van der Waals surface area contributed by atoms with Gasteiger partial charge < -0.3 is 10.1 Å². The van der Waals surface area contributed by atoms with Gasteiger partial charge >= 0.3 is 5.97 Å². The third-order valence-electron chi connectivity index (χ3n) is 3.66. The van der Waals surface area contributed by atoms with E-state index in [4.69, 9.17) is 5.11 Å². The molecule has 2 aromatic heterocycles. The second-order valence-electron chi connectivity index (χ2n) is 5.04. The number of rotatable bonds is 1. The van der Waals surface area contributed by atoms with E-state index in [1.807, 2.05) is 30.5 Å². The summed E-state index contributed by atoms with van der Waals surface area (Å²) in [6.07, 6.45) is 8.56. The summed E-state index contributed by atoms with van der Waals surface area (Å²) < 4.78 is 0. The van der Waals surface area contributed by atoms with Crippen LogP contribution in [0.15, 0.2) is 47.7 Å². The van der Waals surface area contributed by atoms with Crippen LogP contribution in [0.4, 0.5) is 5.69 Å². The van der Waals surface area contributed by atoms with Crippen LogP contribution in [-0.4, -0.2) is 27.3 Å². The summed E-state index contributed by atoms with van der Waals surface area (Å²) in [5.74, 6) is -0.985. The van der Waals surface area contributed by atoms with Crippen LogP contribution in [0.3, 0.4) is 0 Å². The van der Waals surface area contributed by atoms with Crippen LogP contribution >= 0.6 is 12.4 Å². The molecule has 0 spiro atoms. The first-order valence-corrected chi connectivity index (χ1v) is 6.78. The molecule has 3 aromatic rings. The number of allylic oxidation sites excluding steroid dienone is 1. The predicted octanol–water partition coefficient (Wildman–Crippen LogP) is 4.08. The van der Waals surface area contributed by atoms with E-state index in [-0.39, 0.29) is 18.0 Å². The summed E-state index contributed by atoms with van der Waals surface area (Å²) in [6, 6.07) is 7.60. The Morgan fingerprint density at radius 1 is 1.22 bits per heavy atom. The molecule has 0 saturated heterocycles. The number of carbonyl (C=O) groups is 1. The van der Waals surface area contributed by atoms with Crippen molar-refractivity contribution in [2.75, 3.05) is 0 Å². The topological polar surface area (TPSA) is 78.3 Å². The zero-order valence-corrected chi connectivity index (χ0v) is 12.7. The number of nitrogens with zero attached hydrogens (tertiary/aromatic N) is 2. The molecule has 4 rings (SSSR count). The maximum Gasteiger partial charge on any atom is 0.337 e. The fourth-order valence-electron chi connectivity index (χ4n) is 2.61. The second kappa shape index (κ2) is 5.70. The molecule has 5 nitrogen and oxygen atoms in total. The minimum atomic E-state index is -0.985. The minimum absolute atomic E-state index is 0. The monoisotopic (exact) mass is 325 g/mol. The molecule has 0 bridgehead atoms. The maximum atomic E-state index is 11.1. The Morgan fingerprint density at radius 3 is 2.91 bits per heavy atom. The molecule has 114 valence electrons. The van der Waals surface area contributed by atoms with Crippen LogP contribution in [0.25, 0.3) is 28.2 Å². The van der Waals surface area contributed by atoms with Crippen LogP contribution in [0.2, 0.25) is 0 Å². The van der Waals surface area contributed by atoms with Crippen molar-refractivity contribution in [2.45, 2.75) is 0 Å². The quantitative estimate of drug-likeness (QED) is 0.707. The van der Waals surface area contributed by atoms with Gasteiger partial charge in [0.2, 0.25) is 0 Å². The van der Waals surface area contributed by atoms with Gasteiger partial charge in [0.05, 0.1) is 16.9 Å². The second-order valence-corrected chi connectivity index (χ2v) is 5.04. The number of nitrogens with one attached hydrogen (secondary N) is 1. The largest absolute Gasteiger partial charge is 0.478 e. The lowest BCUT2D eigenvalue weighted by molar-refractivity contribution is 0.0696. The molecule has 6 heteroatoms. The SMILES string of the molecule is Cl.O=C(O)c1cnc2c(c1)C=CC=Nc1cc3[nH]ccc3cc1-2. The number of pyridine rings is 1. The third kappa shape index (κ3) is 2.51. The van der Waals surface area contributed by atoms with Crippen molar-refractivity contribution in [3.8, 4) is 11.3 Å². The zero-order valence-electron chi connectivity index (χ0n) is 11.9. The van der Waals surface area contributed by atoms with E-state index in [2.05, 4.69) is 15.0 Å². The Bertz CT molecular complexity index is 973. The number of halogens is 1. The van der Waals surface area contributed by atoms with Gasteiger partial charge in [-0.15, -0.1) is 12.4 Å². The Labute approximate surface area is 137 Å². The fraction of sp³-hybridized carbons (Fsp3) is 0. The Kier molecular flexibility index (Phi) is 3.72. The van der Waals surface area contributed by atoms with Gasteiger partial charge in [0.15, 0.2) is 0 Å². The van der Waals surface area contributed by atoms with E-state index in [1.54, 1.807) is 18.4 Å². The minimum Gasteiger partial charge on any atom is -0.478 e.